The SMILES string of the molecule is C[C@@H]1CC(O)C(O)C[C@@H]1C. The van der Waals surface area contributed by atoms with Crippen molar-refractivity contribution >= 4 is 0 Å². The highest BCUT2D eigenvalue weighted by atomic mass is 16.3. The Morgan fingerprint density at radius 2 is 1.20 bits per heavy atom. The molecule has 1 fully saturated rings. The fourth-order valence-electron chi connectivity index (χ4n) is 1.54. The Labute approximate surface area is 61.9 Å². The van der Waals surface area contributed by atoms with E-state index in [0.29, 0.717) is 11.8 Å². The van der Waals surface area contributed by atoms with E-state index in [1.54, 1.807) is 0 Å². The van der Waals surface area contributed by atoms with Crippen LogP contribution in [0.5, 0.6) is 0 Å². The third-order valence-corrected chi connectivity index (χ3v) is 2.64. The van der Waals surface area contributed by atoms with E-state index in [1.165, 1.54) is 0 Å². The molecule has 0 bridgehead atoms. The van der Waals surface area contributed by atoms with Crippen molar-refractivity contribution in [3.05, 3.63) is 0 Å². The van der Waals surface area contributed by atoms with Crippen molar-refractivity contribution in [1.82, 2.24) is 0 Å². The molecule has 1 aliphatic rings. The lowest BCUT2D eigenvalue weighted by Gasteiger charge is -2.33. The van der Waals surface area contributed by atoms with Crippen LogP contribution in [0.15, 0.2) is 0 Å². The summed E-state index contributed by atoms with van der Waals surface area (Å²) < 4.78 is 0. The maximum atomic E-state index is 9.22. The van der Waals surface area contributed by atoms with Crippen LogP contribution in [-0.2, 0) is 0 Å². The van der Waals surface area contributed by atoms with E-state index in [9.17, 15) is 10.2 Å². The first-order chi connectivity index (χ1) is 4.61. The summed E-state index contributed by atoms with van der Waals surface area (Å²) in [6.45, 7) is 4.25. The van der Waals surface area contributed by atoms with Crippen LogP contribution in [0.1, 0.15) is 26.7 Å². The fourth-order valence-corrected chi connectivity index (χ4v) is 1.54. The summed E-state index contributed by atoms with van der Waals surface area (Å²) in [4.78, 5) is 0. The van der Waals surface area contributed by atoms with Gasteiger partial charge in [0.1, 0.15) is 0 Å². The van der Waals surface area contributed by atoms with Crippen LogP contribution < -0.4 is 0 Å². The van der Waals surface area contributed by atoms with Gasteiger partial charge in [-0.1, -0.05) is 13.8 Å². The van der Waals surface area contributed by atoms with E-state index in [-0.39, 0.29) is 0 Å². The molecule has 1 saturated carbocycles. The van der Waals surface area contributed by atoms with Crippen LogP contribution in [0, 0.1) is 11.8 Å². The molecule has 0 spiro atoms. The zero-order valence-electron chi connectivity index (χ0n) is 6.62. The highest BCUT2D eigenvalue weighted by Crippen LogP contribution is 2.29. The number of hydrogen-bond acceptors (Lipinski definition) is 2. The quantitative estimate of drug-likeness (QED) is 0.527. The Balaban J connectivity index is 2.46. The van der Waals surface area contributed by atoms with Crippen LogP contribution >= 0.6 is 0 Å². The molecule has 0 heterocycles. The molecule has 2 unspecified atom stereocenters. The van der Waals surface area contributed by atoms with Crippen LogP contribution in [0.4, 0.5) is 0 Å². The monoisotopic (exact) mass is 144 g/mol. The minimum atomic E-state index is -0.480. The molecule has 0 aliphatic heterocycles. The average molecular weight is 144 g/mol. The van der Waals surface area contributed by atoms with E-state index in [1.807, 2.05) is 0 Å². The van der Waals surface area contributed by atoms with Crippen molar-refractivity contribution < 1.29 is 10.2 Å². The van der Waals surface area contributed by atoms with Crippen LogP contribution in [-0.4, -0.2) is 22.4 Å². The summed E-state index contributed by atoms with van der Waals surface area (Å²) in [5.74, 6) is 1.11. The summed E-state index contributed by atoms with van der Waals surface area (Å²) in [6, 6.07) is 0. The van der Waals surface area contributed by atoms with Crippen LogP contribution in [0.2, 0.25) is 0 Å². The summed E-state index contributed by atoms with van der Waals surface area (Å²) in [5, 5.41) is 18.4. The molecule has 4 atom stereocenters. The largest absolute Gasteiger partial charge is 0.390 e. The third kappa shape index (κ3) is 1.50. The number of rotatable bonds is 0. The molecule has 10 heavy (non-hydrogen) atoms. The van der Waals surface area contributed by atoms with E-state index >= 15 is 0 Å². The van der Waals surface area contributed by atoms with Gasteiger partial charge in [0.15, 0.2) is 0 Å². The molecular formula is C8H16O2. The Morgan fingerprint density at radius 3 is 1.50 bits per heavy atom. The maximum absolute atomic E-state index is 9.22. The minimum absolute atomic E-state index is 0.480. The Morgan fingerprint density at radius 1 is 0.900 bits per heavy atom. The number of hydrogen-bond donors (Lipinski definition) is 2. The first-order valence-corrected chi connectivity index (χ1v) is 3.97. The lowest BCUT2D eigenvalue weighted by molar-refractivity contribution is -0.0408. The molecule has 2 N–H and O–H groups in total. The molecule has 1 aliphatic carbocycles. The van der Waals surface area contributed by atoms with Gasteiger partial charge in [0.2, 0.25) is 0 Å². The zero-order valence-corrected chi connectivity index (χ0v) is 6.62. The topological polar surface area (TPSA) is 40.5 Å². The molecule has 2 heteroatoms. The molecule has 60 valence electrons. The molecule has 0 aromatic rings. The van der Waals surface area contributed by atoms with Gasteiger partial charge < -0.3 is 10.2 Å². The summed E-state index contributed by atoms with van der Waals surface area (Å²) in [6.07, 6.45) is 0.544. The highest BCUT2D eigenvalue weighted by Gasteiger charge is 2.29. The lowest BCUT2D eigenvalue weighted by atomic mass is 9.79. The van der Waals surface area contributed by atoms with Gasteiger partial charge in [-0.05, 0) is 24.7 Å². The Hall–Kier alpha value is -0.0800. The average Bonchev–Trinajstić information content (AvgIpc) is 1.84. The summed E-state index contributed by atoms with van der Waals surface area (Å²) in [7, 11) is 0. The predicted octanol–water partition coefficient (Wildman–Crippen LogP) is 0.774. The highest BCUT2D eigenvalue weighted by molar-refractivity contribution is 4.81. The van der Waals surface area contributed by atoms with Gasteiger partial charge in [-0.3, -0.25) is 0 Å². The molecule has 0 saturated heterocycles. The molecule has 0 aromatic carbocycles. The third-order valence-electron chi connectivity index (χ3n) is 2.64. The standard InChI is InChI=1S/C8H16O2/c1-5-3-7(9)8(10)4-6(5)2/h5-10H,3-4H2,1-2H3/t5-,6+,7?,8?. The minimum Gasteiger partial charge on any atom is -0.390 e. The van der Waals surface area contributed by atoms with Gasteiger partial charge >= 0.3 is 0 Å². The van der Waals surface area contributed by atoms with E-state index in [2.05, 4.69) is 13.8 Å². The van der Waals surface area contributed by atoms with Gasteiger partial charge in [0.25, 0.3) is 0 Å². The van der Waals surface area contributed by atoms with Crippen molar-refractivity contribution in [3.8, 4) is 0 Å². The maximum Gasteiger partial charge on any atom is 0.0801 e. The van der Waals surface area contributed by atoms with Crippen molar-refractivity contribution in [2.45, 2.75) is 38.9 Å². The van der Waals surface area contributed by atoms with Crippen molar-refractivity contribution in [2.75, 3.05) is 0 Å². The second-order valence-electron chi connectivity index (χ2n) is 3.56. The molecule has 2 nitrogen and oxygen atoms in total. The summed E-state index contributed by atoms with van der Waals surface area (Å²) >= 11 is 0. The van der Waals surface area contributed by atoms with E-state index < -0.39 is 12.2 Å². The zero-order chi connectivity index (χ0) is 7.72. The molecular weight excluding hydrogens is 128 g/mol. The molecule has 0 aromatic heterocycles. The van der Waals surface area contributed by atoms with E-state index in [4.69, 9.17) is 0 Å². The van der Waals surface area contributed by atoms with Gasteiger partial charge in [-0.2, -0.15) is 0 Å². The van der Waals surface area contributed by atoms with Gasteiger partial charge in [-0.15, -0.1) is 0 Å². The molecule has 1 rings (SSSR count). The second kappa shape index (κ2) is 2.89. The molecule has 0 radical (unpaired) electrons. The van der Waals surface area contributed by atoms with Gasteiger partial charge in [0.05, 0.1) is 12.2 Å². The Bertz CT molecular complexity index is 87.8. The van der Waals surface area contributed by atoms with Crippen molar-refractivity contribution in [2.24, 2.45) is 11.8 Å². The normalized spacial score (nSPS) is 49.2. The lowest BCUT2D eigenvalue weighted by Crippen LogP contribution is -2.36. The Kier molecular flexibility index (Phi) is 2.32. The first-order valence-electron chi connectivity index (χ1n) is 3.97. The molecule has 0 amide bonds. The van der Waals surface area contributed by atoms with E-state index in [0.717, 1.165) is 12.8 Å². The van der Waals surface area contributed by atoms with Crippen molar-refractivity contribution in [1.29, 1.82) is 0 Å². The van der Waals surface area contributed by atoms with Gasteiger partial charge in [0, 0.05) is 0 Å². The fraction of sp³-hybridized carbons (Fsp3) is 1.00. The number of aliphatic hydroxyl groups excluding tert-OH is 2. The first kappa shape index (κ1) is 8.02. The smallest absolute Gasteiger partial charge is 0.0801 e. The van der Waals surface area contributed by atoms with Crippen LogP contribution in [0.3, 0.4) is 0 Å². The number of aliphatic hydroxyl groups is 2. The van der Waals surface area contributed by atoms with Crippen LogP contribution in [0.25, 0.3) is 0 Å². The van der Waals surface area contributed by atoms with Gasteiger partial charge in [-0.25, -0.2) is 0 Å². The van der Waals surface area contributed by atoms with Crippen molar-refractivity contribution in [3.63, 3.8) is 0 Å². The summed E-state index contributed by atoms with van der Waals surface area (Å²) in [5.41, 5.74) is 0. The second-order valence-corrected chi connectivity index (χ2v) is 3.56. The predicted molar refractivity (Wildman–Crippen MR) is 39.6 cm³/mol.